The standard InChI is InChI=1S/C15H17N3O4/c1-22-13-6-5-11(9-12(13)18(20)21)17-14(19)15(10-16)7-3-2-4-8-15/h5-6,9H,2-4,7-8H2,1H3,(H,17,19). The monoisotopic (exact) mass is 303 g/mol. The first-order valence-electron chi connectivity index (χ1n) is 7.07. The van der Waals surface area contributed by atoms with Gasteiger partial charge in [-0.1, -0.05) is 19.3 Å². The van der Waals surface area contributed by atoms with Crippen molar-refractivity contribution < 1.29 is 14.5 Å². The Hall–Kier alpha value is -2.62. The quantitative estimate of drug-likeness (QED) is 0.679. The number of anilines is 1. The molecule has 0 atom stereocenters. The smallest absolute Gasteiger partial charge is 0.312 e. The van der Waals surface area contributed by atoms with Gasteiger partial charge < -0.3 is 10.1 Å². The lowest BCUT2D eigenvalue weighted by Crippen LogP contribution is -2.36. The van der Waals surface area contributed by atoms with E-state index in [4.69, 9.17) is 4.74 Å². The van der Waals surface area contributed by atoms with Crippen molar-refractivity contribution in [2.75, 3.05) is 12.4 Å². The van der Waals surface area contributed by atoms with Gasteiger partial charge in [0, 0.05) is 11.8 Å². The normalized spacial score (nSPS) is 16.4. The Labute approximate surface area is 128 Å². The van der Waals surface area contributed by atoms with Crippen molar-refractivity contribution in [3.8, 4) is 11.8 Å². The third kappa shape index (κ3) is 3.01. The van der Waals surface area contributed by atoms with Gasteiger partial charge in [-0.2, -0.15) is 5.26 Å². The summed E-state index contributed by atoms with van der Waals surface area (Å²) < 4.78 is 4.92. The summed E-state index contributed by atoms with van der Waals surface area (Å²) in [5.74, 6) is -0.273. The van der Waals surface area contributed by atoms with E-state index in [1.807, 2.05) is 0 Å². The maximum Gasteiger partial charge on any atom is 0.312 e. The number of nitriles is 1. The van der Waals surface area contributed by atoms with Crippen LogP contribution in [0.2, 0.25) is 0 Å². The van der Waals surface area contributed by atoms with Crippen LogP contribution in [0, 0.1) is 26.9 Å². The van der Waals surface area contributed by atoms with Gasteiger partial charge in [-0.15, -0.1) is 0 Å². The molecule has 22 heavy (non-hydrogen) atoms. The van der Waals surface area contributed by atoms with Gasteiger partial charge in [-0.25, -0.2) is 0 Å². The number of hydrogen-bond acceptors (Lipinski definition) is 5. The molecule has 1 aromatic carbocycles. The molecule has 0 heterocycles. The summed E-state index contributed by atoms with van der Waals surface area (Å²) in [5, 5.41) is 23.0. The van der Waals surface area contributed by atoms with Crippen LogP contribution in [-0.4, -0.2) is 17.9 Å². The van der Waals surface area contributed by atoms with Crippen LogP contribution in [0.1, 0.15) is 32.1 Å². The number of rotatable bonds is 4. The van der Waals surface area contributed by atoms with Crippen molar-refractivity contribution in [1.82, 2.24) is 0 Å². The summed E-state index contributed by atoms with van der Waals surface area (Å²) in [4.78, 5) is 22.8. The van der Waals surface area contributed by atoms with E-state index in [2.05, 4.69) is 11.4 Å². The first-order valence-corrected chi connectivity index (χ1v) is 7.07. The van der Waals surface area contributed by atoms with Gasteiger partial charge in [0.1, 0.15) is 5.41 Å². The Balaban J connectivity index is 2.23. The maximum absolute atomic E-state index is 12.4. The number of nitrogens with zero attached hydrogens (tertiary/aromatic N) is 2. The highest BCUT2D eigenvalue weighted by Crippen LogP contribution is 2.37. The molecule has 0 unspecified atom stereocenters. The number of methoxy groups -OCH3 is 1. The highest BCUT2D eigenvalue weighted by atomic mass is 16.6. The molecule has 0 spiro atoms. The molecule has 1 saturated carbocycles. The van der Waals surface area contributed by atoms with Crippen molar-refractivity contribution in [2.45, 2.75) is 32.1 Å². The largest absolute Gasteiger partial charge is 0.490 e. The molecule has 0 bridgehead atoms. The minimum atomic E-state index is -1.03. The second-order valence-electron chi connectivity index (χ2n) is 5.35. The summed E-state index contributed by atoms with van der Waals surface area (Å²) >= 11 is 0. The van der Waals surface area contributed by atoms with E-state index in [1.165, 1.54) is 25.3 Å². The molecule has 0 aliphatic heterocycles. The van der Waals surface area contributed by atoms with Gasteiger partial charge in [-0.3, -0.25) is 14.9 Å². The summed E-state index contributed by atoms with van der Waals surface area (Å²) in [6.45, 7) is 0. The lowest BCUT2D eigenvalue weighted by atomic mass is 9.74. The molecule has 7 nitrogen and oxygen atoms in total. The summed E-state index contributed by atoms with van der Waals surface area (Å²) in [7, 11) is 1.34. The van der Waals surface area contributed by atoms with Crippen LogP contribution in [-0.2, 0) is 4.79 Å². The molecular formula is C15H17N3O4. The molecule has 0 saturated heterocycles. The minimum Gasteiger partial charge on any atom is -0.490 e. The predicted molar refractivity (Wildman–Crippen MR) is 79.4 cm³/mol. The zero-order valence-electron chi connectivity index (χ0n) is 12.3. The number of amides is 1. The van der Waals surface area contributed by atoms with Crippen LogP contribution in [0.15, 0.2) is 18.2 Å². The number of ether oxygens (including phenoxy) is 1. The molecule has 1 amide bonds. The third-order valence-electron chi connectivity index (χ3n) is 3.99. The lowest BCUT2D eigenvalue weighted by molar-refractivity contribution is -0.385. The SMILES string of the molecule is COc1ccc(NC(=O)C2(C#N)CCCCC2)cc1[N+](=O)[O-]. The summed E-state index contributed by atoms with van der Waals surface area (Å²) in [6.07, 6.45) is 3.74. The number of nitro groups is 1. The lowest BCUT2D eigenvalue weighted by Gasteiger charge is -2.29. The Bertz CT molecular complexity index is 630. The molecule has 7 heteroatoms. The number of hydrogen-bond donors (Lipinski definition) is 1. The fourth-order valence-corrected chi connectivity index (χ4v) is 2.71. The van der Waals surface area contributed by atoms with Crippen LogP contribution >= 0.6 is 0 Å². The molecule has 1 N–H and O–H groups in total. The first kappa shape index (κ1) is 15.8. The van der Waals surface area contributed by atoms with E-state index < -0.39 is 16.2 Å². The Morgan fingerprint density at radius 2 is 2.09 bits per heavy atom. The highest BCUT2D eigenvalue weighted by Gasteiger charge is 2.40. The van der Waals surface area contributed by atoms with Crippen molar-refractivity contribution in [3.05, 3.63) is 28.3 Å². The van der Waals surface area contributed by atoms with Crippen molar-refractivity contribution >= 4 is 17.3 Å². The maximum atomic E-state index is 12.4. The fraction of sp³-hybridized carbons (Fsp3) is 0.467. The molecule has 2 rings (SSSR count). The number of carbonyl (C=O) groups excluding carboxylic acids is 1. The van der Waals surface area contributed by atoms with Gasteiger partial charge in [-0.05, 0) is 25.0 Å². The summed E-state index contributed by atoms with van der Waals surface area (Å²) in [5.41, 5.74) is -0.972. The number of carbonyl (C=O) groups is 1. The molecule has 1 aliphatic rings. The Kier molecular flexibility index (Phi) is 4.61. The zero-order valence-corrected chi connectivity index (χ0v) is 12.3. The van der Waals surface area contributed by atoms with E-state index >= 15 is 0 Å². The number of nitro benzene ring substituents is 1. The van der Waals surface area contributed by atoms with Gasteiger partial charge in [0.05, 0.1) is 18.1 Å². The van der Waals surface area contributed by atoms with Crippen LogP contribution in [0.5, 0.6) is 5.75 Å². The van der Waals surface area contributed by atoms with Crippen LogP contribution < -0.4 is 10.1 Å². The number of benzene rings is 1. The molecule has 1 fully saturated rings. The van der Waals surface area contributed by atoms with Crippen molar-refractivity contribution in [2.24, 2.45) is 5.41 Å². The average molecular weight is 303 g/mol. The third-order valence-corrected chi connectivity index (χ3v) is 3.99. The van der Waals surface area contributed by atoms with Gasteiger partial charge in [0.15, 0.2) is 5.75 Å². The van der Waals surface area contributed by atoms with Crippen LogP contribution in [0.4, 0.5) is 11.4 Å². The molecule has 0 aromatic heterocycles. The first-order chi connectivity index (χ1) is 10.5. The van der Waals surface area contributed by atoms with E-state index in [0.717, 1.165) is 19.3 Å². The van der Waals surface area contributed by atoms with E-state index in [-0.39, 0.29) is 17.1 Å². The van der Waals surface area contributed by atoms with Crippen molar-refractivity contribution in [3.63, 3.8) is 0 Å². The van der Waals surface area contributed by atoms with Gasteiger partial charge >= 0.3 is 5.69 Å². The molecular weight excluding hydrogens is 286 g/mol. The highest BCUT2D eigenvalue weighted by molar-refractivity contribution is 5.97. The Morgan fingerprint density at radius 3 is 2.64 bits per heavy atom. The van der Waals surface area contributed by atoms with Gasteiger partial charge in [0.25, 0.3) is 0 Å². The van der Waals surface area contributed by atoms with Crippen LogP contribution in [0.3, 0.4) is 0 Å². The number of nitrogens with one attached hydrogen (secondary N) is 1. The molecule has 1 aromatic rings. The van der Waals surface area contributed by atoms with Crippen LogP contribution in [0.25, 0.3) is 0 Å². The van der Waals surface area contributed by atoms with E-state index in [0.29, 0.717) is 12.8 Å². The second kappa shape index (κ2) is 6.43. The second-order valence-corrected chi connectivity index (χ2v) is 5.35. The zero-order chi connectivity index (χ0) is 16.2. The average Bonchev–Trinajstić information content (AvgIpc) is 2.55. The van der Waals surface area contributed by atoms with Crippen molar-refractivity contribution in [1.29, 1.82) is 5.26 Å². The Morgan fingerprint density at radius 1 is 1.41 bits per heavy atom. The minimum absolute atomic E-state index is 0.121. The van der Waals surface area contributed by atoms with Gasteiger partial charge in [0.2, 0.25) is 5.91 Å². The summed E-state index contributed by atoms with van der Waals surface area (Å²) in [6, 6.07) is 6.32. The van der Waals surface area contributed by atoms with E-state index in [9.17, 15) is 20.2 Å². The van der Waals surface area contributed by atoms with E-state index in [1.54, 1.807) is 0 Å². The predicted octanol–water partition coefficient (Wildman–Crippen LogP) is 3.02. The molecule has 1 aliphatic carbocycles. The fourth-order valence-electron chi connectivity index (χ4n) is 2.71. The molecule has 0 radical (unpaired) electrons. The topological polar surface area (TPSA) is 105 Å². The molecule has 116 valence electrons.